The lowest BCUT2D eigenvalue weighted by Gasteiger charge is -2.08. The standard InChI is InChI=1S/C14H16N2O4S/c15-21(19,20)9-10-1-4-12(5-2-10)16-8-11-3-6-13(17)14(18)7-11/h1-7,16-18H,8-9H2,(H2,15,19,20). The lowest BCUT2D eigenvalue weighted by Crippen LogP contribution is -2.14. The Hall–Kier alpha value is -2.25. The number of rotatable bonds is 5. The highest BCUT2D eigenvalue weighted by Crippen LogP contribution is 2.25. The molecule has 7 heteroatoms. The van der Waals surface area contributed by atoms with Crippen LogP contribution in [0.15, 0.2) is 42.5 Å². The van der Waals surface area contributed by atoms with Crippen LogP contribution >= 0.6 is 0 Å². The lowest BCUT2D eigenvalue weighted by atomic mass is 10.2. The molecule has 2 rings (SSSR count). The van der Waals surface area contributed by atoms with Crippen LogP contribution < -0.4 is 10.5 Å². The number of aromatic hydroxyl groups is 2. The second-order valence-electron chi connectivity index (χ2n) is 4.68. The molecular weight excluding hydrogens is 292 g/mol. The lowest BCUT2D eigenvalue weighted by molar-refractivity contribution is 0.403. The second-order valence-corrected chi connectivity index (χ2v) is 6.30. The summed E-state index contributed by atoms with van der Waals surface area (Å²) in [5.41, 5.74) is 2.23. The van der Waals surface area contributed by atoms with Crippen LogP contribution in [0.1, 0.15) is 11.1 Å². The molecule has 0 heterocycles. The molecule has 0 aliphatic heterocycles. The Bertz CT molecular complexity index is 727. The number of hydrogen-bond acceptors (Lipinski definition) is 5. The van der Waals surface area contributed by atoms with Gasteiger partial charge in [-0.25, -0.2) is 13.6 Å². The van der Waals surface area contributed by atoms with Gasteiger partial charge < -0.3 is 15.5 Å². The monoisotopic (exact) mass is 308 g/mol. The van der Waals surface area contributed by atoms with Gasteiger partial charge in [-0.2, -0.15) is 0 Å². The fraction of sp³-hybridized carbons (Fsp3) is 0.143. The molecule has 5 N–H and O–H groups in total. The molecule has 0 spiro atoms. The van der Waals surface area contributed by atoms with Crippen LogP contribution in [0.25, 0.3) is 0 Å². The number of primary sulfonamides is 1. The van der Waals surface area contributed by atoms with E-state index in [0.717, 1.165) is 11.3 Å². The van der Waals surface area contributed by atoms with Crippen LogP contribution in [0, 0.1) is 0 Å². The highest BCUT2D eigenvalue weighted by atomic mass is 32.2. The van der Waals surface area contributed by atoms with E-state index in [9.17, 15) is 18.6 Å². The number of anilines is 1. The zero-order valence-corrected chi connectivity index (χ0v) is 12.0. The van der Waals surface area contributed by atoms with Crippen molar-refractivity contribution in [2.45, 2.75) is 12.3 Å². The van der Waals surface area contributed by atoms with Gasteiger partial charge in [-0.15, -0.1) is 0 Å². The zero-order chi connectivity index (χ0) is 15.5. The summed E-state index contributed by atoms with van der Waals surface area (Å²) in [5, 5.41) is 26.7. The molecule has 2 aromatic rings. The van der Waals surface area contributed by atoms with Crippen molar-refractivity contribution in [1.29, 1.82) is 0 Å². The fourth-order valence-electron chi connectivity index (χ4n) is 1.83. The second kappa shape index (κ2) is 6.02. The molecule has 0 unspecified atom stereocenters. The highest BCUT2D eigenvalue weighted by molar-refractivity contribution is 7.88. The molecule has 2 aromatic carbocycles. The molecule has 0 aromatic heterocycles. The molecular formula is C14H16N2O4S. The Labute approximate surface area is 122 Å². The molecule has 0 saturated heterocycles. The van der Waals surface area contributed by atoms with E-state index in [-0.39, 0.29) is 17.3 Å². The van der Waals surface area contributed by atoms with Crippen LogP contribution in [0.2, 0.25) is 0 Å². The fourth-order valence-corrected chi connectivity index (χ4v) is 2.49. The number of phenolic OH excluding ortho intramolecular Hbond substituents is 2. The summed E-state index contributed by atoms with van der Waals surface area (Å²) in [7, 11) is -3.53. The molecule has 0 amide bonds. The van der Waals surface area contributed by atoms with E-state index in [4.69, 9.17) is 5.14 Å². The third kappa shape index (κ3) is 4.66. The average molecular weight is 308 g/mol. The van der Waals surface area contributed by atoms with Crippen LogP contribution in [0.3, 0.4) is 0 Å². The Morgan fingerprint density at radius 2 is 1.57 bits per heavy atom. The predicted octanol–water partition coefficient (Wildman–Crippen LogP) is 1.50. The number of sulfonamides is 1. The molecule has 0 aliphatic carbocycles. The summed E-state index contributed by atoms with van der Waals surface area (Å²) in [4.78, 5) is 0. The molecule has 0 radical (unpaired) electrons. The van der Waals surface area contributed by atoms with Gasteiger partial charge in [0.05, 0.1) is 5.75 Å². The first-order valence-corrected chi connectivity index (χ1v) is 7.89. The number of phenols is 2. The third-order valence-corrected chi connectivity index (χ3v) is 3.59. The summed E-state index contributed by atoms with van der Waals surface area (Å²) < 4.78 is 21.9. The summed E-state index contributed by atoms with van der Waals surface area (Å²) in [6.45, 7) is 0.461. The maximum atomic E-state index is 11.0. The number of hydrogen-bond donors (Lipinski definition) is 4. The van der Waals surface area contributed by atoms with Crippen molar-refractivity contribution in [2.24, 2.45) is 5.14 Å². The maximum Gasteiger partial charge on any atom is 0.213 e. The largest absolute Gasteiger partial charge is 0.504 e. The summed E-state index contributed by atoms with van der Waals surface area (Å²) in [6, 6.07) is 11.4. The Kier molecular flexibility index (Phi) is 4.35. The van der Waals surface area contributed by atoms with E-state index < -0.39 is 10.0 Å². The molecule has 6 nitrogen and oxygen atoms in total. The van der Waals surface area contributed by atoms with Crippen molar-refractivity contribution in [1.82, 2.24) is 0 Å². The van der Waals surface area contributed by atoms with E-state index in [1.807, 2.05) is 0 Å². The van der Waals surface area contributed by atoms with Gasteiger partial charge >= 0.3 is 0 Å². The minimum atomic E-state index is -3.53. The first-order chi connectivity index (χ1) is 9.83. The van der Waals surface area contributed by atoms with E-state index in [1.165, 1.54) is 12.1 Å². The summed E-state index contributed by atoms with van der Waals surface area (Å²) in [5.74, 6) is -0.525. The van der Waals surface area contributed by atoms with Crippen molar-refractivity contribution >= 4 is 15.7 Å². The van der Waals surface area contributed by atoms with Crippen molar-refractivity contribution in [3.8, 4) is 11.5 Å². The average Bonchev–Trinajstić information content (AvgIpc) is 2.40. The van der Waals surface area contributed by atoms with Crippen LogP contribution in [-0.2, 0) is 22.3 Å². The highest BCUT2D eigenvalue weighted by Gasteiger charge is 2.05. The van der Waals surface area contributed by atoms with E-state index >= 15 is 0 Å². The normalized spacial score (nSPS) is 11.3. The summed E-state index contributed by atoms with van der Waals surface area (Å²) >= 11 is 0. The predicted molar refractivity (Wildman–Crippen MR) is 80.4 cm³/mol. The molecule has 112 valence electrons. The topological polar surface area (TPSA) is 113 Å². The first kappa shape index (κ1) is 15.1. The van der Waals surface area contributed by atoms with Gasteiger partial charge in [0.1, 0.15) is 0 Å². The van der Waals surface area contributed by atoms with E-state index in [2.05, 4.69) is 5.32 Å². The van der Waals surface area contributed by atoms with Crippen LogP contribution in [0.5, 0.6) is 11.5 Å². The Morgan fingerprint density at radius 1 is 0.952 bits per heavy atom. The smallest absolute Gasteiger partial charge is 0.213 e. The molecule has 0 saturated carbocycles. The minimum Gasteiger partial charge on any atom is -0.504 e. The third-order valence-electron chi connectivity index (χ3n) is 2.86. The van der Waals surface area contributed by atoms with Crippen LogP contribution in [0.4, 0.5) is 5.69 Å². The van der Waals surface area contributed by atoms with Crippen molar-refractivity contribution in [3.05, 3.63) is 53.6 Å². The minimum absolute atomic E-state index is 0.161. The first-order valence-electron chi connectivity index (χ1n) is 6.17. The van der Waals surface area contributed by atoms with Crippen molar-refractivity contribution in [2.75, 3.05) is 5.32 Å². The van der Waals surface area contributed by atoms with E-state index in [0.29, 0.717) is 12.1 Å². The maximum absolute atomic E-state index is 11.0. The van der Waals surface area contributed by atoms with Gasteiger partial charge in [-0.3, -0.25) is 0 Å². The van der Waals surface area contributed by atoms with Gasteiger partial charge in [0.15, 0.2) is 11.5 Å². The molecule has 0 fully saturated rings. The number of nitrogens with two attached hydrogens (primary N) is 1. The summed E-state index contributed by atoms with van der Waals surface area (Å²) in [6.07, 6.45) is 0. The molecule has 0 aliphatic rings. The molecule has 0 bridgehead atoms. The van der Waals surface area contributed by atoms with Gasteiger partial charge in [0, 0.05) is 12.2 Å². The molecule has 0 atom stereocenters. The van der Waals surface area contributed by atoms with Gasteiger partial charge in [0.25, 0.3) is 0 Å². The van der Waals surface area contributed by atoms with Gasteiger partial charge in [-0.1, -0.05) is 18.2 Å². The quantitative estimate of drug-likeness (QED) is 0.625. The van der Waals surface area contributed by atoms with E-state index in [1.54, 1.807) is 30.3 Å². The molecule has 21 heavy (non-hydrogen) atoms. The zero-order valence-electron chi connectivity index (χ0n) is 11.2. The Morgan fingerprint density at radius 3 is 2.14 bits per heavy atom. The van der Waals surface area contributed by atoms with Crippen LogP contribution in [-0.4, -0.2) is 18.6 Å². The number of benzene rings is 2. The number of nitrogens with one attached hydrogen (secondary N) is 1. The Balaban J connectivity index is 1.99. The SMILES string of the molecule is NS(=O)(=O)Cc1ccc(NCc2ccc(O)c(O)c2)cc1. The van der Waals surface area contributed by atoms with Crippen molar-refractivity contribution < 1.29 is 18.6 Å². The van der Waals surface area contributed by atoms with Gasteiger partial charge in [0.2, 0.25) is 10.0 Å². The van der Waals surface area contributed by atoms with Crippen molar-refractivity contribution in [3.63, 3.8) is 0 Å². The van der Waals surface area contributed by atoms with Gasteiger partial charge in [-0.05, 0) is 35.4 Å².